The maximum Gasteiger partial charge on any atom is 0.330 e. The highest BCUT2D eigenvalue weighted by Crippen LogP contribution is 2.62. The number of nitrogens with one attached hydrogen (secondary N) is 1. The zero-order valence-electron chi connectivity index (χ0n) is 21.0. The third kappa shape index (κ3) is 4.74. The molecule has 2 fully saturated rings. The number of rotatable bonds is 9. The third-order valence-corrected chi connectivity index (χ3v) is 12.3. The van der Waals surface area contributed by atoms with Crippen LogP contribution in [0, 0.1) is 0 Å². The molecule has 6 heteroatoms. The number of carbonyl (C=O) groups excluding carboxylic acids is 2. The molecule has 3 aromatic carbocycles. The lowest BCUT2D eigenvalue weighted by Gasteiger charge is -2.34. The van der Waals surface area contributed by atoms with E-state index in [9.17, 15) is 9.59 Å². The maximum atomic E-state index is 14.5. The summed E-state index contributed by atoms with van der Waals surface area (Å²) in [6, 6.07) is 30.7. The van der Waals surface area contributed by atoms with Crippen LogP contribution in [0.1, 0.15) is 19.3 Å². The number of carbonyl (C=O) groups is 2. The predicted molar refractivity (Wildman–Crippen MR) is 151 cm³/mol. The second-order valence-electron chi connectivity index (χ2n) is 9.63. The first-order valence-corrected chi connectivity index (χ1v) is 14.9. The zero-order valence-corrected chi connectivity index (χ0v) is 21.9. The van der Waals surface area contributed by atoms with Gasteiger partial charge in [-0.15, -0.1) is 0 Å². The van der Waals surface area contributed by atoms with Gasteiger partial charge in [0.1, 0.15) is 35.8 Å². The minimum absolute atomic E-state index is 0.0409. The maximum absolute atomic E-state index is 14.5. The van der Waals surface area contributed by atoms with E-state index in [0.717, 1.165) is 19.4 Å². The molecule has 1 N–H and O–H groups in total. The van der Waals surface area contributed by atoms with Gasteiger partial charge in [0.2, 0.25) is 0 Å². The lowest BCUT2D eigenvalue weighted by Crippen LogP contribution is -2.55. The van der Waals surface area contributed by atoms with Crippen LogP contribution in [0.2, 0.25) is 0 Å². The molecule has 0 spiro atoms. The summed E-state index contributed by atoms with van der Waals surface area (Å²) in [5.74, 6) is -0.310. The van der Waals surface area contributed by atoms with Crippen LogP contribution in [0.15, 0.2) is 104 Å². The van der Waals surface area contributed by atoms with Gasteiger partial charge < -0.3 is 15.0 Å². The minimum atomic E-state index is -2.40. The van der Waals surface area contributed by atoms with Crippen molar-refractivity contribution < 1.29 is 14.3 Å². The molecule has 3 atom stereocenters. The summed E-state index contributed by atoms with van der Waals surface area (Å²) in [6.45, 7) is 5.19. The number of ether oxygens (including phenoxy) is 1. The molecule has 190 valence electrons. The molecule has 0 radical (unpaired) electrons. The fraction of sp³-hybridized carbons (Fsp3) is 0.290. The summed E-state index contributed by atoms with van der Waals surface area (Å²) in [6.07, 6.45) is 4.08. The Kier molecular flexibility index (Phi) is 7.83. The first-order chi connectivity index (χ1) is 18.2. The Bertz CT molecular complexity index is 1120. The standard InChI is InChI=1S/C31H34N2O3P/c1-2-23-36-31(35)29(27-19-12-21-32-27)33-22-20-28(30(33)34)37(24-13-6-3-7-14-24,25-15-8-4-9-16-25)26-17-10-5-11-18-26/h2-11,13-18,27-29,32H,1,12,19-23H2/q+1/t27?,28?,29-/m0/s1. The Morgan fingerprint density at radius 1 is 0.946 bits per heavy atom. The first kappa shape index (κ1) is 25.4. The van der Waals surface area contributed by atoms with Crippen molar-refractivity contribution in [2.75, 3.05) is 19.7 Å². The average Bonchev–Trinajstić information content (AvgIpc) is 3.61. The monoisotopic (exact) mass is 513 g/mol. The van der Waals surface area contributed by atoms with Gasteiger partial charge in [0.15, 0.2) is 5.66 Å². The van der Waals surface area contributed by atoms with Gasteiger partial charge in [-0.2, -0.15) is 0 Å². The Morgan fingerprint density at radius 3 is 1.95 bits per heavy atom. The number of amides is 1. The Labute approximate surface area is 219 Å². The summed E-state index contributed by atoms with van der Waals surface area (Å²) in [4.78, 5) is 29.6. The van der Waals surface area contributed by atoms with Crippen LogP contribution in [0.25, 0.3) is 0 Å². The highest BCUT2D eigenvalue weighted by atomic mass is 31.2. The zero-order chi connectivity index (χ0) is 25.7. The van der Waals surface area contributed by atoms with E-state index >= 15 is 0 Å². The van der Waals surface area contributed by atoms with E-state index in [2.05, 4.69) is 84.7 Å². The topological polar surface area (TPSA) is 58.6 Å². The largest absolute Gasteiger partial charge is 0.460 e. The van der Waals surface area contributed by atoms with Crippen LogP contribution in [0.4, 0.5) is 0 Å². The van der Waals surface area contributed by atoms with Gasteiger partial charge in [0.25, 0.3) is 5.91 Å². The highest BCUT2D eigenvalue weighted by molar-refractivity contribution is 7.96. The molecule has 2 aliphatic heterocycles. The van der Waals surface area contributed by atoms with E-state index in [1.165, 1.54) is 15.9 Å². The molecule has 0 aliphatic carbocycles. The quantitative estimate of drug-likeness (QED) is 0.271. The number of likely N-dealkylation sites (tertiary alicyclic amines) is 1. The van der Waals surface area contributed by atoms with Crippen LogP contribution >= 0.6 is 7.26 Å². The molecule has 5 rings (SSSR count). The van der Waals surface area contributed by atoms with Gasteiger partial charge >= 0.3 is 5.97 Å². The van der Waals surface area contributed by atoms with Crippen molar-refractivity contribution in [2.24, 2.45) is 0 Å². The summed E-state index contributed by atoms with van der Waals surface area (Å²) >= 11 is 0. The van der Waals surface area contributed by atoms with E-state index in [4.69, 9.17) is 4.74 Å². The van der Waals surface area contributed by atoms with Gasteiger partial charge in [-0.05, 0) is 55.8 Å². The lowest BCUT2D eigenvalue weighted by molar-refractivity contribution is -0.153. The fourth-order valence-electron chi connectivity index (χ4n) is 6.01. The van der Waals surface area contributed by atoms with Gasteiger partial charge in [-0.25, -0.2) is 4.79 Å². The van der Waals surface area contributed by atoms with Gasteiger partial charge in [-0.3, -0.25) is 4.79 Å². The molecule has 2 heterocycles. The number of hydrogen-bond acceptors (Lipinski definition) is 4. The van der Waals surface area contributed by atoms with Crippen LogP contribution in [0.3, 0.4) is 0 Å². The molecule has 0 saturated carbocycles. The molecule has 2 saturated heterocycles. The number of hydrogen-bond donors (Lipinski definition) is 1. The van der Waals surface area contributed by atoms with Crippen molar-refractivity contribution in [3.8, 4) is 0 Å². The Hall–Kier alpha value is -3.27. The lowest BCUT2D eigenvalue weighted by atomic mass is 10.1. The number of benzene rings is 3. The van der Waals surface area contributed by atoms with Gasteiger partial charge in [0, 0.05) is 19.0 Å². The molecular formula is C31H34N2O3P+. The van der Waals surface area contributed by atoms with E-state index < -0.39 is 13.3 Å². The molecule has 3 aromatic rings. The van der Waals surface area contributed by atoms with Gasteiger partial charge in [0.05, 0.1) is 0 Å². The van der Waals surface area contributed by atoms with Crippen molar-refractivity contribution in [3.63, 3.8) is 0 Å². The van der Waals surface area contributed by atoms with Crippen molar-refractivity contribution in [1.82, 2.24) is 10.2 Å². The summed E-state index contributed by atoms with van der Waals surface area (Å²) in [5, 5.41) is 6.98. The minimum Gasteiger partial charge on any atom is -0.460 e. The Morgan fingerprint density at radius 2 is 1.49 bits per heavy atom. The van der Waals surface area contributed by atoms with E-state index in [1.807, 2.05) is 23.1 Å². The van der Waals surface area contributed by atoms with E-state index in [0.29, 0.717) is 13.0 Å². The fourth-order valence-corrected chi connectivity index (χ4v) is 10.9. The first-order valence-electron chi connectivity index (χ1n) is 13.0. The number of esters is 1. The average molecular weight is 514 g/mol. The number of nitrogens with zero attached hydrogens (tertiary/aromatic N) is 1. The second-order valence-corrected chi connectivity index (χ2v) is 13.2. The van der Waals surface area contributed by atoms with Crippen LogP contribution < -0.4 is 21.2 Å². The molecule has 0 bridgehead atoms. The Balaban J connectivity index is 1.63. The van der Waals surface area contributed by atoms with Crippen LogP contribution in [0.5, 0.6) is 0 Å². The van der Waals surface area contributed by atoms with E-state index in [-0.39, 0.29) is 30.2 Å². The van der Waals surface area contributed by atoms with Crippen LogP contribution in [-0.2, 0) is 14.3 Å². The molecule has 0 aromatic heterocycles. The molecular weight excluding hydrogens is 479 g/mol. The normalized spacial score (nSPS) is 20.5. The predicted octanol–water partition coefficient (Wildman–Crippen LogP) is 3.43. The molecule has 37 heavy (non-hydrogen) atoms. The summed E-state index contributed by atoms with van der Waals surface area (Å²) in [7, 11) is -2.40. The second kappa shape index (κ2) is 11.4. The third-order valence-electron chi connectivity index (χ3n) is 7.57. The van der Waals surface area contributed by atoms with E-state index in [1.54, 1.807) is 6.08 Å². The van der Waals surface area contributed by atoms with Crippen molar-refractivity contribution in [1.29, 1.82) is 0 Å². The highest BCUT2D eigenvalue weighted by Gasteiger charge is 2.60. The van der Waals surface area contributed by atoms with Crippen molar-refractivity contribution in [3.05, 3.63) is 104 Å². The molecule has 1 amide bonds. The van der Waals surface area contributed by atoms with Crippen molar-refractivity contribution in [2.45, 2.75) is 37.0 Å². The van der Waals surface area contributed by atoms with Crippen molar-refractivity contribution >= 4 is 35.1 Å². The molecule has 2 aliphatic rings. The van der Waals surface area contributed by atoms with Gasteiger partial charge in [-0.1, -0.05) is 67.3 Å². The summed E-state index contributed by atoms with van der Waals surface area (Å²) in [5.41, 5.74) is -0.268. The smallest absolute Gasteiger partial charge is 0.330 e. The molecule has 5 nitrogen and oxygen atoms in total. The molecule has 2 unspecified atom stereocenters. The summed E-state index contributed by atoms with van der Waals surface area (Å²) < 4.78 is 5.52. The van der Waals surface area contributed by atoms with Crippen LogP contribution in [-0.4, -0.2) is 54.2 Å². The SMILES string of the molecule is C=CCOC(=O)[C@H](C1CCCN1)N1CCC([P+](c2ccccc2)(c2ccccc2)c2ccccc2)C1=O.